The van der Waals surface area contributed by atoms with Crippen LogP contribution in [0.1, 0.15) is 63.5 Å². The van der Waals surface area contributed by atoms with E-state index >= 15 is 0 Å². The van der Waals surface area contributed by atoms with Crippen molar-refractivity contribution in [2.45, 2.75) is 83.3 Å². The van der Waals surface area contributed by atoms with E-state index in [1.165, 1.54) is 12.5 Å². The number of rotatable bonds is 5. The Morgan fingerprint density at radius 3 is 2.24 bits per heavy atom. The highest BCUT2D eigenvalue weighted by molar-refractivity contribution is 6.07. The first-order valence-electron chi connectivity index (χ1n) is 13.9. The largest absolute Gasteiger partial charge is 0.373 e. The average Bonchev–Trinajstić information content (AvgIpc) is 3.27. The summed E-state index contributed by atoms with van der Waals surface area (Å²) in [5, 5.41) is 11.1. The first-order valence-corrected chi connectivity index (χ1v) is 13.9. The van der Waals surface area contributed by atoms with Crippen molar-refractivity contribution in [1.82, 2.24) is 20.9 Å². The molecule has 2 aromatic carbocycles. The van der Waals surface area contributed by atoms with Crippen molar-refractivity contribution in [2.75, 3.05) is 6.54 Å². The highest BCUT2D eigenvalue weighted by Crippen LogP contribution is 2.28. The predicted molar refractivity (Wildman–Crippen MR) is 159 cm³/mol. The number of carbonyl (C=O) groups excluding carboxylic acids is 5. The molecule has 1 aliphatic heterocycles. The molecule has 1 aromatic heterocycles. The number of hydrogen-bond acceptors (Lipinski definition) is 6. The molecule has 222 valence electrons. The molecule has 6 N–H and O–H groups in total. The highest BCUT2D eigenvalue weighted by Gasteiger charge is 2.27. The van der Waals surface area contributed by atoms with E-state index in [1.54, 1.807) is 0 Å². The van der Waals surface area contributed by atoms with Crippen molar-refractivity contribution in [3.63, 3.8) is 0 Å². The second-order valence-electron chi connectivity index (χ2n) is 10.4. The van der Waals surface area contributed by atoms with Gasteiger partial charge in [0.25, 0.3) is 0 Å². The number of halogens is 1. The quantitative estimate of drug-likeness (QED) is 0.289. The molecule has 1 unspecified atom stereocenters. The van der Waals surface area contributed by atoms with Crippen LogP contribution < -0.4 is 21.7 Å². The minimum absolute atomic E-state index is 0. The molecule has 2 heterocycles. The van der Waals surface area contributed by atoms with Gasteiger partial charge in [-0.1, -0.05) is 18.6 Å². The number of carbonyl (C=O) groups is 3. The van der Waals surface area contributed by atoms with E-state index in [0.717, 1.165) is 65.9 Å². The van der Waals surface area contributed by atoms with E-state index in [0.29, 0.717) is 19.4 Å². The van der Waals surface area contributed by atoms with Gasteiger partial charge >= 0.3 is 6.15 Å². The Labute approximate surface area is 246 Å². The van der Waals surface area contributed by atoms with Crippen LogP contribution in [-0.4, -0.2) is 53.5 Å². The molecule has 4 rings (SSSR count). The molecule has 3 amide bonds. The number of aromatic nitrogens is 1. The van der Waals surface area contributed by atoms with E-state index in [1.807, 2.05) is 19.1 Å². The molecule has 11 heteroatoms. The Balaban J connectivity index is 0.00000141. The Hall–Kier alpha value is -3.72. The molecule has 0 aliphatic carbocycles. The standard InChI is InChI=1S/C29H39N5O3.CO2.ClH/c1-18-7-3-4-8-20-10-12-24-22(15-20)23-16-21(11-13-25(23)33-24)17-27(32-19(2)35)29(37)34-26(28(36)31-18)9-5-6-14-30;2-1-3;/h10-13,15-16,18,26-27,33H,3-9,14,17,30H2,1-2H3,(H,31,36)(H,32,35)(H,34,37);;1H/t18-,26-,27?;;/m1../s1. The van der Waals surface area contributed by atoms with Crippen LogP contribution in [-0.2, 0) is 36.8 Å². The SMILES string of the molecule is CC(=O)NC1Cc2ccc3[nH]c4ccc(cc4c3c2)CCCC[C@@H](C)NC(=O)[C@@H](CCCCN)NC1=O.Cl.O=C=O. The first kappa shape index (κ1) is 33.5. The van der Waals surface area contributed by atoms with Crippen molar-refractivity contribution in [3.8, 4) is 0 Å². The molecule has 10 nitrogen and oxygen atoms in total. The molecule has 3 aromatic rings. The number of hydrogen-bond donors (Lipinski definition) is 5. The third kappa shape index (κ3) is 9.70. The molecule has 1 aliphatic rings. The van der Waals surface area contributed by atoms with Crippen LogP contribution in [0.3, 0.4) is 0 Å². The van der Waals surface area contributed by atoms with Crippen molar-refractivity contribution < 1.29 is 24.0 Å². The normalized spacial score (nSPS) is 19.7. The smallest absolute Gasteiger partial charge is 0.355 e. The zero-order valence-corrected chi connectivity index (χ0v) is 24.4. The maximum atomic E-state index is 13.4. The van der Waals surface area contributed by atoms with Gasteiger partial charge in [0, 0.05) is 41.2 Å². The Bertz CT molecular complexity index is 1370. The minimum Gasteiger partial charge on any atom is -0.355 e. The van der Waals surface area contributed by atoms with Gasteiger partial charge in [-0.15, -0.1) is 12.4 Å². The fourth-order valence-electron chi connectivity index (χ4n) is 5.19. The molecule has 41 heavy (non-hydrogen) atoms. The molecule has 0 saturated heterocycles. The number of aryl methyl sites for hydroxylation is 1. The monoisotopic (exact) mass is 585 g/mol. The van der Waals surface area contributed by atoms with Crippen molar-refractivity contribution in [1.29, 1.82) is 0 Å². The Morgan fingerprint density at radius 1 is 0.976 bits per heavy atom. The lowest BCUT2D eigenvalue weighted by molar-refractivity contribution is -0.191. The lowest BCUT2D eigenvalue weighted by Crippen LogP contribution is -2.55. The molecule has 0 radical (unpaired) electrons. The molecule has 0 saturated carbocycles. The van der Waals surface area contributed by atoms with Gasteiger partial charge < -0.3 is 26.7 Å². The minimum atomic E-state index is -0.795. The van der Waals surface area contributed by atoms with E-state index < -0.39 is 12.1 Å². The van der Waals surface area contributed by atoms with E-state index in [4.69, 9.17) is 15.3 Å². The number of unbranched alkanes of at least 4 members (excludes halogenated alkanes) is 1. The summed E-state index contributed by atoms with van der Waals surface area (Å²) < 4.78 is 0. The van der Waals surface area contributed by atoms with Gasteiger partial charge in [-0.05, 0) is 87.4 Å². The van der Waals surface area contributed by atoms with E-state index in [2.05, 4.69) is 45.2 Å². The summed E-state index contributed by atoms with van der Waals surface area (Å²) in [7, 11) is 0. The van der Waals surface area contributed by atoms with Crippen LogP contribution in [0.25, 0.3) is 21.8 Å². The number of H-pyrrole nitrogens is 1. The summed E-state index contributed by atoms with van der Waals surface area (Å²) in [6, 6.07) is 11.2. The van der Waals surface area contributed by atoms with Gasteiger partial charge in [0.05, 0.1) is 0 Å². The van der Waals surface area contributed by atoms with Crippen LogP contribution in [0.15, 0.2) is 36.4 Å². The molecule has 4 bridgehead atoms. The topological polar surface area (TPSA) is 163 Å². The summed E-state index contributed by atoms with van der Waals surface area (Å²) in [5.74, 6) is -0.847. The fourth-order valence-corrected chi connectivity index (χ4v) is 5.19. The average molecular weight is 586 g/mol. The molecular formula is C30H40ClN5O5. The number of nitrogens with two attached hydrogens (primary N) is 1. The van der Waals surface area contributed by atoms with Crippen LogP contribution in [0, 0.1) is 0 Å². The third-order valence-electron chi connectivity index (χ3n) is 7.18. The van der Waals surface area contributed by atoms with E-state index in [-0.39, 0.29) is 42.3 Å². The van der Waals surface area contributed by atoms with Crippen molar-refractivity contribution in [2.24, 2.45) is 5.73 Å². The number of fused-ring (bicyclic) bond motifs is 2. The third-order valence-corrected chi connectivity index (χ3v) is 7.18. The Kier molecular flexibility index (Phi) is 13.5. The first-order chi connectivity index (χ1) is 19.2. The van der Waals surface area contributed by atoms with Crippen LogP contribution in [0.4, 0.5) is 0 Å². The summed E-state index contributed by atoms with van der Waals surface area (Å²) in [6.45, 7) is 3.94. The van der Waals surface area contributed by atoms with E-state index in [9.17, 15) is 14.4 Å². The molecular weight excluding hydrogens is 546 g/mol. The molecule has 0 fully saturated rings. The van der Waals surface area contributed by atoms with Gasteiger partial charge in [-0.2, -0.15) is 9.59 Å². The van der Waals surface area contributed by atoms with Gasteiger partial charge in [-0.3, -0.25) is 14.4 Å². The summed E-state index contributed by atoms with van der Waals surface area (Å²) in [5.41, 5.74) is 10.00. The highest BCUT2D eigenvalue weighted by atomic mass is 35.5. The lowest BCUT2D eigenvalue weighted by atomic mass is 9.99. The number of nitrogens with one attached hydrogen (secondary N) is 4. The maximum absolute atomic E-state index is 13.4. The zero-order valence-electron chi connectivity index (χ0n) is 23.6. The fraction of sp³-hybridized carbons (Fsp3) is 0.467. The molecule has 0 spiro atoms. The maximum Gasteiger partial charge on any atom is 0.373 e. The summed E-state index contributed by atoms with van der Waals surface area (Å²) in [4.78, 5) is 58.3. The van der Waals surface area contributed by atoms with Gasteiger partial charge in [-0.25, -0.2) is 0 Å². The van der Waals surface area contributed by atoms with Crippen LogP contribution in [0.5, 0.6) is 0 Å². The summed E-state index contributed by atoms with van der Waals surface area (Å²) in [6.07, 6.45) is 6.44. The zero-order chi connectivity index (χ0) is 29.1. The van der Waals surface area contributed by atoms with Crippen molar-refractivity contribution >= 4 is 58.1 Å². The second-order valence-corrected chi connectivity index (χ2v) is 10.4. The number of aromatic amines is 1. The van der Waals surface area contributed by atoms with Crippen LogP contribution in [0.2, 0.25) is 0 Å². The molecule has 3 atom stereocenters. The predicted octanol–water partition coefficient (Wildman–Crippen LogP) is 3.05. The second kappa shape index (κ2) is 16.5. The number of amides is 3. The van der Waals surface area contributed by atoms with Crippen molar-refractivity contribution in [3.05, 3.63) is 47.5 Å². The number of benzene rings is 2. The summed E-state index contributed by atoms with van der Waals surface area (Å²) >= 11 is 0. The van der Waals surface area contributed by atoms with Gasteiger partial charge in [0.15, 0.2) is 0 Å². The van der Waals surface area contributed by atoms with Gasteiger partial charge in [0.1, 0.15) is 12.1 Å². The van der Waals surface area contributed by atoms with Gasteiger partial charge in [0.2, 0.25) is 17.7 Å². The van der Waals surface area contributed by atoms with Crippen LogP contribution >= 0.6 is 12.4 Å². The Morgan fingerprint density at radius 2 is 1.61 bits per heavy atom. The lowest BCUT2D eigenvalue weighted by Gasteiger charge is -2.24.